The average Bonchev–Trinajstić information content (AvgIpc) is 2.45. The summed E-state index contributed by atoms with van der Waals surface area (Å²) >= 11 is 0. The summed E-state index contributed by atoms with van der Waals surface area (Å²) in [5, 5.41) is 13.0. The number of piperidine rings is 1. The van der Waals surface area contributed by atoms with E-state index in [4.69, 9.17) is 4.74 Å². The predicted octanol–water partition coefficient (Wildman–Crippen LogP) is 3.60. The summed E-state index contributed by atoms with van der Waals surface area (Å²) < 4.78 is 5.82. The SMILES string of the molecule is COC1CCC(C#N)CC1C1CC(C)NCC1C(C)(C)C. The van der Waals surface area contributed by atoms with E-state index in [1.165, 1.54) is 6.42 Å². The van der Waals surface area contributed by atoms with E-state index in [9.17, 15) is 5.26 Å². The van der Waals surface area contributed by atoms with Crippen molar-refractivity contribution in [3.63, 3.8) is 0 Å². The quantitative estimate of drug-likeness (QED) is 0.845. The lowest BCUT2D eigenvalue weighted by Gasteiger charge is -2.49. The standard InChI is InChI=1S/C18H32N2O/c1-12-8-14(16(11-20-12)18(2,3)4)15-9-13(10-19)6-7-17(15)21-5/h12-17,20H,6-9,11H2,1-5H3. The third-order valence-corrected chi connectivity index (χ3v) is 5.81. The number of methoxy groups -OCH3 is 1. The number of hydrogen-bond acceptors (Lipinski definition) is 3. The third-order valence-electron chi connectivity index (χ3n) is 5.81. The van der Waals surface area contributed by atoms with Crippen LogP contribution in [-0.4, -0.2) is 25.8 Å². The molecule has 0 aromatic carbocycles. The average molecular weight is 292 g/mol. The molecule has 0 amide bonds. The van der Waals surface area contributed by atoms with Crippen molar-refractivity contribution in [2.75, 3.05) is 13.7 Å². The molecule has 2 aliphatic rings. The number of rotatable bonds is 2. The van der Waals surface area contributed by atoms with Crippen LogP contribution in [0.2, 0.25) is 0 Å². The molecular formula is C18H32N2O. The van der Waals surface area contributed by atoms with Gasteiger partial charge in [0, 0.05) is 19.1 Å². The van der Waals surface area contributed by atoms with Gasteiger partial charge in [0.15, 0.2) is 0 Å². The molecule has 6 atom stereocenters. The maximum atomic E-state index is 9.34. The molecule has 2 rings (SSSR count). The van der Waals surface area contributed by atoms with Gasteiger partial charge in [0.05, 0.1) is 12.2 Å². The molecule has 1 N–H and O–H groups in total. The van der Waals surface area contributed by atoms with Crippen molar-refractivity contribution in [2.45, 2.75) is 65.5 Å². The lowest BCUT2D eigenvalue weighted by atomic mass is 9.60. The van der Waals surface area contributed by atoms with Gasteiger partial charge < -0.3 is 10.1 Å². The summed E-state index contributed by atoms with van der Waals surface area (Å²) in [6, 6.07) is 3.09. The van der Waals surface area contributed by atoms with Crippen molar-refractivity contribution in [2.24, 2.45) is 29.1 Å². The van der Waals surface area contributed by atoms with Crippen LogP contribution >= 0.6 is 0 Å². The van der Waals surface area contributed by atoms with E-state index < -0.39 is 0 Å². The molecule has 0 bridgehead atoms. The second-order valence-electron chi connectivity index (χ2n) is 8.26. The maximum Gasteiger partial charge on any atom is 0.0655 e. The van der Waals surface area contributed by atoms with Crippen molar-refractivity contribution in [1.29, 1.82) is 5.26 Å². The van der Waals surface area contributed by atoms with Crippen molar-refractivity contribution in [3.8, 4) is 6.07 Å². The Morgan fingerprint density at radius 1 is 1.14 bits per heavy atom. The van der Waals surface area contributed by atoms with Crippen molar-refractivity contribution >= 4 is 0 Å². The summed E-state index contributed by atoms with van der Waals surface area (Å²) in [5.74, 6) is 2.10. The molecule has 1 saturated heterocycles. The van der Waals surface area contributed by atoms with Gasteiger partial charge in [-0.05, 0) is 62.3 Å². The Morgan fingerprint density at radius 3 is 2.43 bits per heavy atom. The van der Waals surface area contributed by atoms with E-state index in [0.717, 1.165) is 25.8 Å². The fourth-order valence-electron chi connectivity index (χ4n) is 4.60. The zero-order valence-electron chi connectivity index (χ0n) is 14.4. The van der Waals surface area contributed by atoms with E-state index >= 15 is 0 Å². The number of hydrogen-bond donors (Lipinski definition) is 1. The van der Waals surface area contributed by atoms with Gasteiger partial charge >= 0.3 is 0 Å². The Kier molecular flexibility index (Phi) is 5.33. The van der Waals surface area contributed by atoms with Crippen LogP contribution in [-0.2, 0) is 4.74 Å². The largest absolute Gasteiger partial charge is 0.381 e. The number of nitriles is 1. The third kappa shape index (κ3) is 3.79. The zero-order valence-corrected chi connectivity index (χ0v) is 14.4. The Morgan fingerprint density at radius 2 is 1.86 bits per heavy atom. The summed E-state index contributed by atoms with van der Waals surface area (Å²) in [7, 11) is 1.85. The summed E-state index contributed by atoms with van der Waals surface area (Å²) in [4.78, 5) is 0. The molecule has 2 fully saturated rings. The highest BCUT2D eigenvalue weighted by Crippen LogP contribution is 2.46. The minimum absolute atomic E-state index is 0.229. The molecule has 3 heteroatoms. The summed E-state index contributed by atoms with van der Waals surface area (Å²) in [6.45, 7) is 10.5. The Labute approximate surface area is 130 Å². The minimum atomic E-state index is 0.229. The normalized spacial score (nSPS) is 41.5. The van der Waals surface area contributed by atoms with Crippen molar-refractivity contribution < 1.29 is 4.74 Å². The lowest BCUT2D eigenvalue weighted by Crippen LogP contribution is -2.52. The first-order valence-electron chi connectivity index (χ1n) is 8.52. The first-order valence-corrected chi connectivity index (χ1v) is 8.52. The second-order valence-corrected chi connectivity index (χ2v) is 8.26. The Balaban J connectivity index is 2.22. The highest BCUT2D eigenvalue weighted by molar-refractivity contribution is 4.99. The number of ether oxygens (including phenoxy) is 1. The van der Waals surface area contributed by atoms with Crippen molar-refractivity contribution in [3.05, 3.63) is 0 Å². The van der Waals surface area contributed by atoms with Gasteiger partial charge in [0.1, 0.15) is 0 Å². The van der Waals surface area contributed by atoms with Crippen LogP contribution in [0.4, 0.5) is 0 Å². The van der Waals surface area contributed by atoms with E-state index in [1.807, 2.05) is 7.11 Å². The molecule has 120 valence electrons. The molecule has 1 aliphatic carbocycles. The molecule has 1 aliphatic heterocycles. The summed E-state index contributed by atoms with van der Waals surface area (Å²) in [5.41, 5.74) is 0.301. The van der Waals surface area contributed by atoms with Gasteiger partial charge in [-0.15, -0.1) is 0 Å². The minimum Gasteiger partial charge on any atom is -0.381 e. The number of nitrogens with zero attached hydrogens (tertiary/aromatic N) is 1. The molecule has 0 aromatic heterocycles. The summed E-state index contributed by atoms with van der Waals surface area (Å²) in [6.07, 6.45) is 4.64. The highest BCUT2D eigenvalue weighted by atomic mass is 16.5. The van der Waals surface area contributed by atoms with E-state index in [-0.39, 0.29) is 5.92 Å². The smallest absolute Gasteiger partial charge is 0.0655 e. The van der Waals surface area contributed by atoms with Gasteiger partial charge in [0.25, 0.3) is 0 Å². The van der Waals surface area contributed by atoms with Crippen LogP contribution in [0, 0.1) is 40.4 Å². The fourth-order valence-corrected chi connectivity index (χ4v) is 4.60. The molecule has 6 unspecified atom stereocenters. The molecule has 21 heavy (non-hydrogen) atoms. The van der Waals surface area contributed by atoms with Gasteiger partial charge in [-0.25, -0.2) is 0 Å². The molecule has 1 saturated carbocycles. The van der Waals surface area contributed by atoms with Crippen LogP contribution in [0.15, 0.2) is 0 Å². The topological polar surface area (TPSA) is 45.0 Å². The monoisotopic (exact) mass is 292 g/mol. The zero-order chi connectivity index (χ0) is 15.6. The van der Waals surface area contributed by atoms with Gasteiger partial charge in [0.2, 0.25) is 0 Å². The second kappa shape index (κ2) is 6.67. The maximum absolute atomic E-state index is 9.34. The van der Waals surface area contributed by atoms with Crippen molar-refractivity contribution in [1.82, 2.24) is 5.32 Å². The number of nitrogens with one attached hydrogen (secondary N) is 1. The van der Waals surface area contributed by atoms with Gasteiger partial charge in [-0.3, -0.25) is 0 Å². The predicted molar refractivity (Wildman–Crippen MR) is 85.8 cm³/mol. The van der Waals surface area contributed by atoms with Crippen LogP contribution in [0.1, 0.15) is 53.4 Å². The lowest BCUT2D eigenvalue weighted by molar-refractivity contribution is -0.0506. The van der Waals surface area contributed by atoms with Crippen LogP contribution in [0.3, 0.4) is 0 Å². The van der Waals surface area contributed by atoms with Gasteiger partial charge in [-0.2, -0.15) is 5.26 Å². The highest BCUT2D eigenvalue weighted by Gasteiger charge is 2.44. The Bertz CT molecular complexity index is 382. The molecule has 0 aromatic rings. The van der Waals surface area contributed by atoms with Crippen LogP contribution in [0.25, 0.3) is 0 Å². The molecule has 1 heterocycles. The Hall–Kier alpha value is -0.590. The first kappa shape index (κ1) is 16.8. The van der Waals surface area contributed by atoms with Gasteiger partial charge in [-0.1, -0.05) is 20.8 Å². The first-order chi connectivity index (χ1) is 9.86. The van der Waals surface area contributed by atoms with E-state index in [2.05, 4.69) is 39.1 Å². The molecule has 0 radical (unpaired) electrons. The van der Waals surface area contributed by atoms with E-state index in [0.29, 0.717) is 35.3 Å². The van der Waals surface area contributed by atoms with Crippen LogP contribution < -0.4 is 5.32 Å². The van der Waals surface area contributed by atoms with E-state index in [1.54, 1.807) is 0 Å². The molecule has 3 nitrogen and oxygen atoms in total. The fraction of sp³-hybridized carbons (Fsp3) is 0.944. The molecular weight excluding hydrogens is 260 g/mol. The van der Waals surface area contributed by atoms with Crippen LogP contribution in [0.5, 0.6) is 0 Å². The molecule has 0 spiro atoms.